The minimum atomic E-state index is -3.41. The second-order valence-corrected chi connectivity index (χ2v) is 7.63. The molecule has 0 saturated carbocycles. The Morgan fingerprint density at radius 2 is 2.10 bits per heavy atom. The molecule has 7 heteroatoms. The van der Waals surface area contributed by atoms with Gasteiger partial charge in [-0.1, -0.05) is 33.6 Å². The Morgan fingerprint density at radius 1 is 1.38 bits per heavy atom. The molecule has 0 radical (unpaired) electrons. The molecule has 0 saturated heterocycles. The third-order valence-corrected chi connectivity index (χ3v) is 5.10. The van der Waals surface area contributed by atoms with Crippen molar-refractivity contribution in [2.24, 2.45) is 0 Å². The average Bonchev–Trinajstić information content (AvgIpc) is 2.88. The first-order chi connectivity index (χ1) is 9.87. The number of nitrogens with one attached hydrogen (secondary N) is 1. The van der Waals surface area contributed by atoms with Gasteiger partial charge < -0.3 is 5.32 Å². The normalized spacial score (nSPS) is 12.5. The van der Waals surface area contributed by atoms with Gasteiger partial charge in [0.1, 0.15) is 4.90 Å². The van der Waals surface area contributed by atoms with Crippen LogP contribution in [0.2, 0.25) is 0 Å². The fourth-order valence-electron chi connectivity index (χ4n) is 1.95. The molecule has 0 aliphatic rings. The van der Waals surface area contributed by atoms with Crippen molar-refractivity contribution in [1.29, 1.82) is 0 Å². The summed E-state index contributed by atoms with van der Waals surface area (Å²) in [6.07, 6.45) is 6.04. The van der Waals surface area contributed by atoms with E-state index in [4.69, 9.17) is 0 Å². The van der Waals surface area contributed by atoms with E-state index in [-0.39, 0.29) is 4.90 Å². The van der Waals surface area contributed by atoms with E-state index in [1.54, 1.807) is 17.9 Å². The third kappa shape index (κ3) is 5.76. The summed E-state index contributed by atoms with van der Waals surface area (Å²) < 4.78 is 27.8. The molecule has 0 fully saturated rings. The van der Waals surface area contributed by atoms with Crippen LogP contribution in [0, 0.1) is 0 Å². The van der Waals surface area contributed by atoms with Crippen molar-refractivity contribution in [3.8, 4) is 0 Å². The molecule has 122 valence electrons. The standard InChI is InChI=1S/C14H28N4O2S/c1-5-6-7-9-17(4)21(19,20)14-11-16-18(12-14)10-8-15-13(2)3/h11-13,15H,5-10H2,1-4H3. The van der Waals surface area contributed by atoms with Gasteiger partial charge in [-0.2, -0.15) is 5.10 Å². The lowest BCUT2D eigenvalue weighted by Gasteiger charge is -2.15. The monoisotopic (exact) mass is 316 g/mol. The molecular formula is C14H28N4O2S. The van der Waals surface area contributed by atoms with Crippen molar-refractivity contribution in [2.75, 3.05) is 20.1 Å². The lowest BCUT2D eigenvalue weighted by molar-refractivity contribution is 0.454. The van der Waals surface area contributed by atoms with E-state index in [0.29, 0.717) is 19.1 Å². The first kappa shape index (κ1) is 18.1. The fourth-order valence-corrected chi connectivity index (χ4v) is 3.12. The van der Waals surface area contributed by atoms with E-state index < -0.39 is 10.0 Å². The van der Waals surface area contributed by atoms with Gasteiger partial charge in [0, 0.05) is 32.4 Å². The SMILES string of the molecule is CCCCCN(C)S(=O)(=O)c1cnn(CCNC(C)C)c1. The maximum absolute atomic E-state index is 12.4. The second kappa shape index (κ2) is 8.51. The van der Waals surface area contributed by atoms with Crippen LogP contribution in [0.25, 0.3) is 0 Å². The Bertz CT molecular complexity index is 511. The zero-order chi connectivity index (χ0) is 15.9. The van der Waals surface area contributed by atoms with Gasteiger partial charge in [-0.05, 0) is 6.42 Å². The van der Waals surface area contributed by atoms with Gasteiger partial charge >= 0.3 is 0 Å². The minimum absolute atomic E-state index is 0.269. The average molecular weight is 316 g/mol. The highest BCUT2D eigenvalue weighted by molar-refractivity contribution is 7.89. The quantitative estimate of drug-likeness (QED) is 0.667. The van der Waals surface area contributed by atoms with E-state index in [0.717, 1.165) is 25.8 Å². The Balaban J connectivity index is 2.61. The molecule has 0 amide bonds. The highest BCUT2D eigenvalue weighted by atomic mass is 32.2. The van der Waals surface area contributed by atoms with Crippen molar-refractivity contribution in [3.05, 3.63) is 12.4 Å². The van der Waals surface area contributed by atoms with E-state index >= 15 is 0 Å². The van der Waals surface area contributed by atoms with Crippen molar-refractivity contribution in [2.45, 2.75) is 57.5 Å². The van der Waals surface area contributed by atoms with Crippen LogP contribution in [0.1, 0.15) is 40.0 Å². The molecule has 0 spiro atoms. The van der Waals surface area contributed by atoms with Crippen LogP contribution in [-0.2, 0) is 16.6 Å². The summed E-state index contributed by atoms with van der Waals surface area (Å²) in [4.78, 5) is 0.269. The van der Waals surface area contributed by atoms with Gasteiger partial charge in [0.15, 0.2) is 0 Å². The van der Waals surface area contributed by atoms with Gasteiger partial charge in [0.05, 0.1) is 12.7 Å². The summed E-state index contributed by atoms with van der Waals surface area (Å²) in [5, 5.41) is 7.41. The molecular weight excluding hydrogens is 288 g/mol. The molecule has 1 aromatic rings. The molecule has 1 heterocycles. The largest absolute Gasteiger partial charge is 0.313 e. The van der Waals surface area contributed by atoms with Crippen LogP contribution < -0.4 is 5.32 Å². The van der Waals surface area contributed by atoms with Crippen LogP contribution in [0.3, 0.4) is 0 Å². The van der Waals surface area contributed by atoms with Crippen LogP contribution in [0.15, 0.2) is 17.3 Å². The molecule has 6 nitrogen and oxygen atoms in total. The zero-order valence-electron chi connectivity index (χ0n) is 13.5. The van der Waals surface area contributed by atoms with Crippen molar-refractivity contribution in [1.82, 2.24) is 19.4 Å². The lowest BCUT2D eigenvalue weighted by Crippen LogP contribution is -2.28. The van der Waals surface area contributed by atoms with Gasteiger partial charge in [-0.25, -0.2) is 12.7 Å². The number of sulfonamides is 1. The Hall–Kier alpha value is -0.920. The smallest absolute Gasteiger partial charge is 0.245 e. The van der Waals surface area contributed by atoms with Gasteiger partial charge in [0.25, 0.3) is 0 Å². The van der Waals surface area contributed by atoms with Crippen LogP contribution >= 0.6 is 0 Å². The molecule has 0 aromatic carbocycles. The van der Waals surface area contributed by atoms with Crippen LogP contribution in [-0.4, -0.2) is 48.7 Å². The van der Waals surface area contributed by atoms with E-state index in [2.05, 4.69) is 31.2 Å². The van der Waals surface area contributed by atoms with E-state index in [1.807, 2.05) is 0 Å². The Labute approximate surface area is 128 Å². The molecule has 0 atom stereocenters. The number of hydrogen-bond acceptors (Lipinski definition) is 4. The van der Waals surface area contributed by atoms with E-state index in [1.165, 1.54) is 10.5 Å². The highest BCUT2D eigenvalue weighted by Gasteiger charge is 2.22. The molecule has 0 aliphatic carbocycles. The fraction of sp³-hybridized carbons (Fsp3) is 0.786. The maximum Gasteiger partial charge on any atom is 0.245 e. The predicted molar refractivity (Wildman–Crippen MR) is 84.7 cm³/mol. The van der Waals surface area contributed by atoms with Gasteiger partial charge in [0.2, 0.25) is 10.0 Å². The molecule has 0 bridgehead atoms. The number of nitrogens with zero attached hydrogens (tertiary/aromatic N) is 3. The highest BCUT2D eigenvalue weighted by Crippen LogP contribution is 2.14. The second-order valence-electron chi connectivity index (χ2n) is 5.58. The minimum Gasteiger partial charge on any atom is -0.313 e. The van der Waals surface area contributed by atoms with E-state index in [9.17, 15) is 8.42 Å². The number of aromatic nitrogens is 2. The van der Waals surface area contributed by atoms with Crippen molar-refractivity contribution in [3.63, 3.8) is 0 Å². The maximum atomic E-state index is 12.4. The lowest BCUT2D eigenvalue weighted by atomic mass is 10.2. The Kier molecular flexibility index (Phi) is 7.34. The van der Waals surface area contributed by atoms with Crippen molar-refractivity contribution >= 4 is 10.0 Å². The zero-order valence-corrected chi connectivity index (χ0v) is 14.4. The first-order valence-corrected chi connectivity index (χ1v) is 9.04. The molecule has 1 rings (SSSR count). The van der Waals surface area contributed by atoms with Gasteiger partial charge in [-0.3, -0.25) is 4.68 Å². The topological polar surface area (TPSA) is 67.2 Å². The van der Waals surface area contributed by atoms with Crippen LogP contribution in [0.4, 0.5) is 0 Å². The van der Waals surface area contributed by atoms with Crippen molar-refractivity contribution < 1.29 is 8.42 Å². The predicted octanol–water partition coefficient (Wildman–Crippen LogP) is 1.69. The van der Waals surface area contributed by atoms with Gasteiger partial charge in [-0.15, -0.1) is 0 Å². The summed E-state index contributed by atoms with van der Waals surface area (Å²) in [5.41, 5.74) is 0. The molecule has 0 aliphatic heterocycles. The molecule has 1 N–H and O–H groups in total. The summed E-state index contributed by atoms with van der Waals surface area (Å²) in [6.45, 7) is 8.23. The summed E-state index contributed by atoms with van der Waals surface area (Å²) in [7, 11) is -1.78. The first-order valence-electron chi connectivity index (χ1n) is 7.60. The number of rotatable bonds is 10. The number of hydrogen-bond donors (Lipinski definition) is 1. The molecule has 0 unspecified atom stereocenters. The molecule has 21 heavy (non-hydrogen) atoms. The molecule has 1 aromatic heterocycles. The Morgan fingerprint density at radius 3 is 2.71 bits per heavy atom. The number of unbranched alkanes of at least 4 members (excludes halogenated alkanes) is 2. The summed E-state index contributed by atoms with van der Waals surface area (Å²) >= 11 is 0. The summed E-state index contributed by atoms with van der Waals surface area (Å²) in [5.74, 6) is 0. The van der Waals surface area contributed by atoms with Crippen LogP contribution in [0.5, 0.6) is 0 Å². The summed E-state index contributed by atoms with van der Waals surface area (Å²) in [6, 6.07) is 0.411. The third-order valence-electron chi connectivity index (χ3n) is 3.29.